The number of ether oxygens (including phenoxy) is 1. The molecule has 2 aromatic carbocycles. The fourth-order valence-electron chi connectivity index (χ4n) is 2.75. The van der Waals surface area contributed by atoms with Gasteiger partial charge in [0.2, 0.25) is 0 Å². The van der Waals surface area contributed by atoms with Crippen molar-refractivity contribution in [1.82, 2.24) is 0 Å². The maximum absolute atomic E-state index is 12.5. The second-order valence-corrected chi connectivity index (χ2v) is 6.13. The Morgan fingerprint density at radius 3 is 2.54 bits per heavy atom. The van der Waals surface area contributed by atoms with Gasteiger partial charge in [0.05, 0.1) is 18.0 Å². The van der Waals surface area contributed by atoms with Crippen LogP contribution in [0.25, 0.3) is 0 Å². The van der Waals surface area contributed by atoms with Gasteiger partial charge in [0.25, 0.3) is 5.91 Å². The molecule has 26 heavy (non-hydrogen) atoms. The number of nitrogen functional groups attached to an aromatic ring is 1. The average molecular weight is 355 g/mol. The number of hydrogen-bond donors (Lipinski definition) is 2. The van der Waals surface area contributed by atoms with Crippen LogP contribution in [0.15, 0.2) is 42.5 Å². The molecule has 0 fully saturated rings. The van der Waals surface area contributed by atoms with Gasteiger partial charge in [-0.15, -0.1) is 0 Å². The Kier molecular flexibility index (Phi) is 7.33. The molecule has 5 nitrogen and oxygen atoms in total. The molecular formula is C21H29N3O2. The predicted molar refractivity (Wildman–Crippen MR) is 109 cm³/mol. The third-order valence-corrected chi connectivity index (χ3v) is 4.25. The third-order valence-electron chi connectivity index (χ3n) is 4.25. The summed E-state index contributed by atoms with van der Waals surface area (Å²) in [6.07, 6.45) is 2.07. The van der Waals surface area contributed by atoms with Crippen LogP contribution in [0.4, 0.5) is 17.1 Å². The van der Waals surface area contributed by atoms with Crippen molar-refractivity contribution >= 4 is 23.0 Å². The van der Waals surface area contributed by atoms with Crippen LogP contribution in [0.5, 0.6) is 5.75 Å². The van der Waals surface area contributed by atoms with Gasteiger partial charge in [-0.2, -0.15) is 0 Å². The van der Waals surface area contributed by atoms with E-state index in [1.165, 1.54) is 0 Å². The molecular weight excluding hydrogens is 326 g/mol. The van der Waals surface area contributed by atoms with E-state index in [-0.39, 0.29) is 5.91 Å². The number of benzene rings is 2. The Morgan fingerprint density at radius 1 is 1.12 bits per heavy atom. The number of carbonyl (C=O) groups is 1. The monoisotopic (exact) mass is 355 g/mol. The minimum absolute atomic E-state index is 0.180. The van der Waals surface area contributed by atoms with E-state index in [4.69, 9.17) is 10.5 Å². The SMILES string of the molecule is CCCCOc1cccc(C(=O)Nc2ccc(N(CC)CC)c(N)c2)c1. The first-order valence-electron chi connectivity index (χ1n) is 9.27. The fraction of sp³-hybridized carbons (Fsp3) is 0.381. The number of rotatable bonds is 9. The molecule has 1 amide bonds. The molecule has 3 N–H and O–H groups in total. The van der Waals surface area contributed by atoms with Gasteiger partial charge in [0.1, 0.15) is 5.75 Å². The van der Waals surface area contributed by atoms with E-state index in [1.807, 2.05) is 24.3 Å². The Labute approximate surface area is 156 Å². The quantitative estimate of drug-likeness (QED) is 0.512. The Balaban J connectivity index is 2.07. The van der Waals surface area contributed by atoms with E-state index in [0.29, 0.717) is 29.3 Å². The zero-order valence-electron chi connectivity index (χ0n) is 15.9. The highest BCUT2D eigenvalue weighted by atomic mass is 16.5. The van der Waals surface area contributed by atoms with Gasteiger partial charge in [0, 0.05) is 24.3 Å². The molecule has 0 aromatic heterocycles. The summed E-state index contributed by atoms with van der Waals surface area (Å²) in [5, 5.41) is 2.90. The van der Waals surface area contributed by atoms with Crippen molar-refractivity contribution < 1.29 is 9.53 Å². The summed E-state index contributed by atoms with van der Waals surface area (Å²) >= 11 is 0. The van der Waals surface area contributed by atoms with Crippen molar-refractivity contribution in [3.8, 4) is 5.75 Å². The van der Waals surface area contributed by atoms with Gasteiger partial charge in [0.15, 0.2) is 0 Å². The fourth-order valence-corrected chi connectivity index (χ4v) is 2.75. The lowest BCUT2D eigenvalue weighted by Gasteiger charge is -2.23. The topological polar surface area (TPSA) is 67.6 Å². The second kappa shape index (κ2) is 9.70. The van der Waals surface area contributed by atoms with E-state index < -0.39 is 0 Å². The Hall–Kier alpha value is -2.69. The molecule has 2 aromatic rings. The molecule has 0 aliphatic rings. The van der Waals surface area contributed by atoms with Crippen LogP contribution in [0, 0.1) is 0 Å². The van der Waals surface area contributed by atoms with Crippen molar-refractivity contribution in [2.45, 2.75) is 33.6 Å². The van der Waals surface area contributed by atoms with E-state index >= 15 is 0 Å². The summed E-state index contributed by atoms with van der Waals surface area (Å²) in [5.74, 6) is 0.531. The lowest BCUT2D eigenvalue weighted by atomic mass is 10.1. The van der Waals surface area contributed by atoms with Gasteiger partial charge in [-0.05, 0) is 56.7 Å². The van der Waals surface area contributed by atoms with E-state index in [9.17, 15) is 4.79 Å². The summed E-state index contributed by atoms with van der Waals surface area (Å²) in [7, 11) is 0. The van der Waals surface area contributed by atoms with Crippen LogP contribution in [0.1, 0.15) is 44.0 Å². The molecule has 0 saturated carbocycles. The lowest BCUT2D eigenvalue weighted by Crippen LogP contribution is -2.23. The number of nitrogens with one attached hydrogen (secondary N) is 1. The molecule has 0 aliphatic heterocycles. The average Bonchev–Trinajstić information content (AvgIpc) is 2.65. The largest absolute Gasteiger partial charge is 0.494 e. The maximum atomic E-state index is 12.5. The van der Waals surface area contributed by atoms with Gasteiger partial charge in [-0.1, -0.05) is 19.4 Å². The first-order valence-corrected chi connectivity index (χ1v) is 9.27. The first kappa shape index (κ1) is 19.6. The predicted octanol–water partition coefficient (Wildman–Crippen LogP) is 4.55. The normalized spacial score (nSPS) is 10.4. The first-order chi connectivity index (χ1) is 12.6. The van der Waals surface area contributed by atoms with Crippen molar-refractivity contribution in [2.24, 2.45) is 0 Å². The van der Waals surface area contributed by atoms with Crippen LogP contribution in [0.3, 0.4) is 0 Å². The van der Waals surface area contributed by atoms with Crippen molar-refractivity contribution in [1.29, 1.82) is 0 Å². The molecule has 140 valence electrons. The number of nitrogens with two attached hydrogens (primary N) is 1. The highest BCUT2D eigenvalue weighted by molar-refractivity contribution is 6.04. The number of nitrogens with zero attached hydrogens (tertiary/aromatic N) is 1. The molecule has 2 rings (SSSR count). The van der Waals surface area contributed by atoms with Crippen LogP contribution in [-0.4, -0.2) is 25.6 Å². The van der Waals surface area contributed by atoms with Crippen molar-refractivity contribution in [3.63, 3.8) is 0 Å². The molecule has 0 unspecified atom stereocenters. The summed E-state index contributed by atoms with van der Waals surface area (Å²) in [5.41, 5.74) is 9.05. The summed E-state index contributed by atoms with van der Waals surface area (Å²) in [4.78, 5) is 14.7. The van der Waals surface area contributed by atoms with Gasteiger partial charge in [-0.25, -0.2) is 0 Å². The number of carbonyl (C=O) groups excluding carboxylic acids is 1. The smallest absolute Gasteiger partial charge is 0.255 e. The number of amides is 1. The molecule has 0 bridgehead atoms. The summed E-state index contributed by atoms with van der Waals surface area (Å²) in [6, 6.07) is 12.9. The minimum Gasteiger partial charge on any atom is -0.494 e. The molecule has 5 heteroatoms. The number of hydrogen-bond acceptors (Lipinski definition) is 4. The lowest BCUT2D eigenvalue weighted by molar-refractivity contribution is 0.102. The van der Waals surface area contributed by atoms with Crippen molar-refractivity contribution in [2.75, 3.05) is 35.6 Å². The molecule has 0 atom stereocenters. The zero-order valence-corrected chi connectivity index (χ0v) is 15.9. The van der Waals surface area contributed by atoms with Gasteiger partial charge < -0.3 is 20.7 Å². The van der Waals surface area contributed by atoms with E-state index in [1.54, 1.807) is 18.2 Å². The van der Waals surface area contributed by atoms with Gasteiger partial charge in [-0.3, -0.25) is 4.79 Å². The van der Waals surface area contributed by atoms with E-state index in [0.717, 1.165) is 31.6 Å². The van der Waals surface area contributed by atoms with Crippen LogP contribution in [-0.2, 0) is 0 Å². The Morgan fingerprint density at radius 2 is 1.88 bits per heavy atom. The Bertz CT molecular complexity index is 727. The minimum atomic E-state index is -0.180. The third kappa shape index (κ3) is 5.15. The molecule has 0 radical (unpaired) electrons. The molecule has 0 heterocycles. The second-order valence-electron chi connectivity index (χ2n) is 6.13. The molecule has 0 spiro atoms. The molecule has 0 saturated heterocycles. The summed E-state index contributed by atoms with van der Waals surface area (Å²) < 4.78 is 5.67. The highest BCUT2D eigenvalue weighted by Crippen LogP contribution is 2.27. The van der Waals surface area contributed by atoms with Crippen LogP contribution in [0.2, 0.25) is 0 Å². The van der Waals surface area contributed by atoms with Crippen LogP contribution >= 0.6 is 0 Å². The van der Waals surface area contributed by atoms with Crippen LogP contribution < -0.4 is 20.7 Å². The standard InChI is InChI=1S/C21H29N3O2/c1-4-7-13-26-18-10-8-9-16(14-18)21(25)23-17-11-12-20(19(22)15-17)24(5-2)6-3/h8-12,14-15H,4-7,13,22H2,1-3H3,(H,23,25). The number of anilines is 3. The maximum Gasteiger partial charge on any atom is 0.255 e. The van der Waals surface area contributed by atoms with Gasteiger partial charge >= 0.3 is 0 Å². The van der Waals surface area contributed by atoms with E-state index in [2.05, 4.69) is 31.0 Å². The number of unbranched alkanes of at least 4 members (excludes halogenated alkanes) is 1. The summed E-state index contributed by atoms with van der Waals surface area (Å²) in [6.45, 7) is 8.73. The zero-order chi connectivity index (χ0) is 18.9. The molecule has 0 aliphatic carbocycles. The van der Waals surface area contributed by atoms with Crippen molar-refractivity contribution in [3.05, 3.63) is 48.0 Å². The highest BCUT2D eigenvalue weighted by Gasteiger charge is 2.10.